The number of aromatic amines is 1. The molecule has 1 aliphatic rings. The standard InChI is InChI=1S/C24H30N4O3S/c1-17-9-10-20(16-18(17)2)32(30,31)28-14-11-19(12-15-28)24(29)25-13-5-8-23-26-21-6-3-4-7-22(21)27-23/h3-4,6-7,9-10,16,19H,5,8,11-15H2,1-2H3,(H,25,29)(H,26,27). The number of benzene rings is 2. The average molecular weight is 455 g/mol. The number of aromatic nitrogens is 2. The Kier molecular flexibility index (Phi) is 6.62. The molecule has 1 aromatic heterocycles. The quantitative estimate of drug-likeness (QED) is 0.536. The van der Waals surface area contributed by atoms with Gasteiger partial charge in [0, 0.05) is 32.0 Å². The Bertz CT molecular complexity index is 1180. The fourth-order valence-electron chi connectivity index (χ4n) is 4.12. The molecule has 0 unspecified atom stereocenters. The molecule has 0 spiro atoms. The maximum atomic E-state index is 13.0. The zero-order valence-corrected chi connectivity index (χ0v) is 19.4. The number of rotatable bonds is 7. The zero-order valence-electron chi connectivity index (χ0n) is 18.6. The summed E-state index contributed by atoms with van der Waals surface area (Å²) in [4.78, 5) is 20.7. The lowest BCUT2D eigenvalue weighted by Crippen LogP contribution is -2.43. The maximum absolute atomic E-state index is 13.0. The first-order chi connectivity index (χ1) is 15.3. The smallest absolute Gasteiger partial charge is 0.243 e. The van der Waals surface area contributed by atoms with Crippen LogP contribution in [0, 0.1) is 19.8 Å². The number of carbonyl (C=O) groups excluding carboxylic acids is 1. The predicted molar refractivity (Wildman–Crippen MR) is 125 cm³/mol. The molecule has 1 saturated heterocycles. The highest BCUT2D eigenvalue weighted by atomic mass is 32.2. The monoisotopic (exact) mass is 454 g/mol. The first kappa shape index (κ1) is 22.5. The number of fused-ring (bicyclic) bond motifs is 1. The lowest BCUT2D eigenvalue weighted by molar-refractivity contribution is -0.126. The Morgan fingerprint density at radius 2 is 1.88 bits per heavy atom. The molecule has 1 fully saturated rings. The Hall–Kier alpha value is -2.71. The first-order valence-electron chi connectivity index (χ1n) is 11.1. The van der Waals surface area contributed by atoms with E-state index in [1.807, 2.05) is 44.2 Å². The fourth-order valence-corrected chi connectivity index (χ4v) is 5.67. The van der Waals surface area contributed by atoms with Gasteiger partial charge in [0.15, 0.2) is 0 Å². The Morgan fingerprint density at radius 1 is 1.12 bits per heavy atom. The molecule has 0 radical (unpaired) electrons. The van der Waals surface area contributed by atoms with E-state index in [-0.39, 0.29) is 11.8 Å². The molecule has 4 rings (SSSR count). The van der Waals surface area contributed by atoms with Gasteiger partial charge in [0.05, 0.1) is 15.9 Å². The van der Waals surface area contributed by atoms with Crippen molar-refractivity contribution in [2.45, 2.75) is 44.4 Å². The van der Waals surface area contributed by atoms with Gasteiger partial charge in [0.1, 0.15) is 5.82 Å². The van der Waals surface area contributed by atoms with Crippen molar-refractivity contribution in [3.8, 4) is 0 Å². The molecule has 0 bridgehead atoms. The van der Waals surface area contributed by atoms with Crippen molar-refractivity contribution >= 4 is 27.0 Å². The number of carbonyl (C=O) groups is 1. The van der Waals surface area contributed by atoms with E-state index < -0.39 is 10.0 Å². The number of para-hydroxylation sites is 2. The second-order valence-electron chi connectivity index (χ2n) is 8.52. The van der Waals surface area contributed by atoms with E-state index in [1.54, 1.807) is 12.1 Å². The van der Waals surface area contributed by atoms with Crippen molar-refractivity contribution in [3.05, 3.63) is 59.4 Å². The number of imidazole rings is 1. The number of hydrogen-bond acceptors (Lipinski definition) is 4. The van der Waals surface area contributed by atoms with Gasteiger partial charge >= 0.3 is 0 Å². The van der Waals surface area contributed by atoms with Crippen molar-refractivity contribution in [1.29, 1.82) is 0 Å². The molecule has 0 saturated carbocycles. The van der Waals surface area contributed by atoms with Crippen molar-refractivity contribution < 1.29 is 13.2 Å². The summed E-state index contributed by atoms with van der Waals surface area (Å²) in [6.07, 6.45) is 2.64. The van der Waals surface area contributed by atoms with E-state index in [0.717, 1.165) is 40.8 Å². The van der Waals surface area contributed by atoms with Crippen LogP contribution in [0.15, 0.2) is 47.4 Å². The summed E-state index contributed by atoms with van der Waals surface area (Å²) in [7, 11) is -3.52. The molecule has 2 heterocycles. The minimum absolute atomic E-state index is 0.0119. The van der Waals surface area contributed by atoms with Crippen molar-refractivity contribution in [2.75, 3.05) is 19.6 Å². The largest absolute Gasteiger partial charge is 0.356 e. The lowest BCUT2D eigenvalue weighted by atomic mass is 9.97. The fraction of sp³-hybridized carbons (Fsp3) is 0.417. The second kappa shape index (κ2) is 9.42. The minimum atomic E-state index is -3.52. The van der Waals surface area contributed by atoms with Gasteiger partial charge < -0.3 is 10.3 Å². The number of sulfonamides is 1. The summed E-state index contributed by atoms with van der Waals surface area (Å²) >= 11 is 0. The first-order valence-corrected chi connectivity index (χ1v) is 12.6. The second-order valence-corrected chi connectivity index (χ2v) is 10.5. The third kappa shape index (κ3) is 4.86. The minimum Gasteiger partial charge on any atom is -0.356 e. The van der Waals surface area contributed by atoms with Gasteiger partial charge in [-0.25, -0.2) is 13.4 Å². The predicted octanol–water partition coefficient (Wildman–Crippen LogP) is 3.33. The van der Waals surface area contributed by atoms with Crippen LogP contribution in [-0.2, 0) is 21.2 Å². The van der Waals surface area contributed by atoms with Crippen molar-refractivity contribution in [2.24, 2.45) is 5.92 Å². The molecule has 170 valence electrons. The van der Waals surface area contributed by atoms with Gasteiger partial charge in [-0.15, -0.1) is 0 Å². The molecule has 32 heavy (non-hydrogen) atoms. The number of hydrogen-bond donors (Lipinski definition) is 2. The number of nitrogens with zero attached hydrogens (tertiary/aromatic N) is 2. The van der Waals surface area contributed by atoms with E-state index in [0.29, 0.717) is 37.4 Å². The molecule has 2 aromatic carbocycles. The number of piperidine rings is 1. The molecular weight excluding hydrogens is 424 g/mol. The summed E-state index contributed by atoms with van der Waals surface area (Å²) in [5.41, 5.74) is 4.01. The van der Waals surface area contributed by atoms with Gasteiger partial charge in [0.2, 0.25) is 15.9 Å². The number of H-pyrrole nitrogens is 1. The van der Waals surface area contributed by atoms with Crippen molar-refractivity contribution in [1.82, 2.24) is 19.6 Å². The van der Waals surface area contributed by atoms with Crippen LogP contribution >= 0.6 is 0 Å². The van der Waals surface area contributed by atoms with Gasteiger partial charge in [-0.3, -0.25) is 4.79 Å². The molecule has 8 heteroatoms. The zero-order chi connectivity index (χ0) is 22.7. The summed E-state index contributed by atoms with van der Waals surface area (Å²) in [6.45, 7) is 5.20. The van der Waals surface area contributed by atoms with E-state index in [9.17, 15) is 13.2 Å². The van der Waals surface area contributed by atoms with Crippen LogP contribution in [-0.4, -0.2) is 48.2 Å². The highest BCUT2D eigenvalue weighted by Gasteiger charge is 2.32. The van der Waals surface area contributed by atoms with Crippen molar-refractivity contribution in [3.63, 3.8) is 0 Å². The van der Waals surface area contributed by atoms with E-state index in [1.165, 1.54) is 4.31 Å². The molecule has 3 aromatic rings. The van der Waals surface area contributed by atoms with Gasteiger partial charge in [-0.1, -0.05) is 18.2 Å². The van der Waals surface area contributed by atoms with Crippen LogP contribution in [0.3, 0.4) is 0 Å². The lowest BCUT2D eigenvalue weighted by Gasteiger charge is -2.30. The SMILES string of the molecule is Cc1ccc(S(=O)(=O)N2CCC(C(=O)NCCCc3nc4ccccc4[nH]3)CC2)cc1C. The van der Waals surface area contributed by atoms with Crippen LogP contribution < -0.4 is 5.32 Å². The summed E-state index contributed by atoms with van der Waals surface area (Å²) in [5.74, 6) is 0.788. The Labute approximate surface area is 189 Å². The Balaban J connectivity index is 1.23. The molecule has 0 atom stereocenters. The summed E-state index contributed by atoms with van der Waals surface area (Å²) in [5, 5.41) is 3.01. The molecular formula is C24H30N4O3S. The normalized spacial score (nSPS) is 15.8. The van der Waals surface area contributed by atoms with Crippen LogP contribution in [0.4, 0.5) is 0 Å². The highest BCUT2D eigenvalue weighted by Crippen LogP contribution is 2.25. The number of amides is 1. The summed E-state index contributed by atoms with van der Waals surface area (Å²) < 4.78 is 27.4. The van der Waals surface area contributed by atoms with E-state index >= 15 is 0 Å². The van der Waals surface area contributed by atoms with E-state index in [2.05, 4.69) is 15.3 Å². The third-order valence-corrected chi connectivity index (χ3v) is 8.16. The topological polar surface area (TPSA) is 95.2 Å². The molecule has 1 amide bonds. The average Bonchev–Trinajstić information content (AvgIpc) is 3.21. The highest BCUT2D eigenvalue weighted by molar-refractivity contribution is 7.89. The summed E-state index contributed by atoms with van der Waals surface area (Å²) in [6, 6.07) is 13.1. The molecule has 1 aliphatic heterocycles. The van der Waals surface area contributed by atoms with E-state index in [4.69, 9.17) is 0 Å². The van der Waals surface area contributed by atoms with Gasteiger partial charge in [-0.05, 0) is 68.5 Å². The van der Waals surface area contributed by atoms with Crippen LogP contribution in [0.2, 0.25) is 0 Å². The molecule has 2 N–H and O–H groups in total. The molecule has 0 aliphatic carbocycles. The third-order valence-electron chi connectivity index (χ3n) is 6.27. The number of nitrogens with one attached hydrogen (secondary N) is 2. The van der Waals surface area contributed by atoms with Gasteiger partial charge in [0.25, 0.3) is 0 Å². The molecule has 7 nitrogen and oxygen atoms in total. The van der Waals surface area contributed by atoms with Gasteiger partial charge in [-0.2, -0.15) is 4.31 Å². The Morgan fingerprint density at radius 3 is 2.59 bits per heavy atom. The maximum Gasteiger partial charge on any atom is 0.243 e. The van der Waals surface area contributed by atoms with Crippen LogP contribution in [0.25, 0.3) is 11.0 Å². The number of aryl methyl sites for hydroxylation is 3. The van der Waals surface area contributed by atoms with Crippen LogP contribution in [0.1, 0.15) is 36.2 Å². The van der Waals surface area contributed by atoms with Crippen LogP contribution in [0.5, 0.6) is 0 Å².